The molecule has 0 saturated heterocycles. The van der Waals surface area contributed by atoms with Crippen molar-refractivity contribution in [1.29, 1.82) is 0 Å². The number of allylic oxidation sites excluding steroid dienone is 3. The first kappa shape index (κ1) is 12.9. The Balaban J connectivity index is 3.32. The molecule has 0 radical (unpaired) electrons. The number of unbranched alkanes of at least 4 members (excludes halogenated alkanes) is 2. The Morgan fingerprint density at radius 3 is 2.57 bits per heavy atom. The van der Waals surface area contributed by atoms with Crippen LogP contribution in [0.4, 0.5) is 0 Å². The van der Waals surface area contributed by atoms with E-state index >= 15 is 0 Å². The van der Waals surface area contributed by atoms with Gasteiger partial charge in [0.15, 0.2) is 0 Å². The van der Waals surface area contributed by atoms with E-state index in [0.717, 1.165) is 32.1 Å². The molecule has 0 aromatic carbocycles. The van der Waals surface area contributed by atoms with Gasteiger partial charge in [0.1, 0.15) is 0 Å². The second kappa shape index (κ2) is 8.54. The highest BCUT2D eigenvalue weighted by atomic mass is 16.4. The Morgan fingerprint density at radius 2 is 2.00 bits per heavy atom. The van der Waals surface area contributed by atoms with Crippen molar-refractivity contribution in [3.8, 4) is 0 Å². The molecule has 2 heteroatoms. The third-order valence-corrected chi connectivity index (χ3v) is 2.13. The van der Waals surface area contributed by atoms with E-state index in [1.165, 1.54) is 0 Å². The van der Waals surface area contributed by atoms with Gasteiger partial charge in [-0.3, -0.25) is 4.79 Å². The largest absolute Gasteiger partial charge is 0.481 e. The van der Waals surface area contributed by atoms with E-state index < -0.39 is 5.97 Å². The third kappa shape index (κ3) is 7.59. The number of hydrogen-bond donors (Lipinski definition) is 1. The van der Waals surface area contributed by atoms with Crippen LogP contribution in [0, 0.1) is 5.92 Å². The average Bonchev–Trinajstić information content (AvgIpc) is 2.16. The molecule has 1 unspecified atom stereocenters. The summed E-state index contributed by atoms with van der Waals surface area (Å²) in [6.45, 7) is 5.39. The molecule has 0 rings (SSSR count). The Kier molecular flexibility index (Phi) is 7.90. The lowest BCUT2D eigenvalue weighted by atomic mass is 10.0. The van der Waals surface area contributed by atoms with E-state index in [1.54, 1.807) is 6.92 Å². The van der Waals surface area contributed by atoms with E-state index in [0.29, 0.717) is 0 Å². The van der Waals surface area contributed by atoms with Crippen LogP contribution >= 0.6 is 0 Å². The van der Waals surface area contributed by atoms with Gasteiger partial charge in [0.2, 0.25) is 0 Å². The molecule has 0 aromatic rings. The van der Waals surface area contributed by atoms with Crippen LogP contribution in [0.5, 0.6) is 0 Å². The van der Waals surface area contributed by atoms with Crippen LogP contribution in [0.1, 0.15) is 39.0 Å². The lowest BCUT2D eigenvalue weighted by molar-refractivity contribution is -0.141. The first-order valence-corrected chi connectivity index (χ1v) is 5.17. The van der Waals surface area contributed by atoms with Crippen LogP contribution in [0.3, 0.4) is 0 Å². The highest BCUT2D eigenvalue weighted by Gasteiger charge is 2.08. The molecule has 0 saturated carbocycles. The molecule has 0 aliphatic heterocycles. The number of carbonyl (C=O) groups is 1. The Bertz CT molecular complexity index is 194. The molecule has 0 heterocycles. The summed E-state index contributed by atoms with van der Waals surface area (Å²) in [6.07, 6.45) is 10.9. The maximum absolute atomic E-state index is 10.5. The maximum atomic E-state index is 10.5. The summed E-state index contributed by atoms with van der Waals surface area (Å²) in [5.74, 6) is -0.905. The standard InChI is InChI=1S/C12H20O2/c1-3-4-5-6-7-8-9-10-11(2)12(13)14/h3,6-7,11H,1,4-5,8-10H2,2H3,(H,13,14). The molecular weight excluding hydrogens is 176 g/mol. The number of hydrogen-bond acceptors (Lipinski definition) is 1. The topological polar surface area (TPSA) is 37.3 Å². The predicted molar refractivity (Wildman–Crippen MR) is 59.2 cm³/mol. The molecule has 14 heavy (non-hydrogen) atoms. The van der Waals surface area contributed by atoms with Gasteiger partial charge < -0.3 is 5.11 Å². The van der Waals surface area contributed by atoms with Crippen molar-refractivity contribution in [2.75, 3.05) is 0 Å². The summed E-state index contributed by atoms with van der Waals surface area (Å²) in [4.78, 5) is 10.5. The smallest absolute Gasteiger partial charge is 0.306 e. The summed E-state index contributed by atoms with van der Waals surface area (Å²) < 4.78 is 0. The van der Waals surface area contributed by atoms with E-state index in [4.69, 9.17) is 5.11 Å². The molecular formula is C12H20O2. The van der Waals surface area contributed by atoms with Crippen molar-refractivity contribution in [2.45, 2.75) is 39.0 Å². The lowest BCUT2D eigenvalue weighted by Gasteiger charge is -2.02. The van der Waals surface area contributed by atoms with Gasteiger partial charge in [0.25, 0.3) is 0 Å². The molecule has 0 fully saturated rings. The van der Waals surface area contributed by atoms with E-state index in [1.807, 2.05) is 6.08 Å². The van der Waals surface area contributed by atoms with Crippen molar-refractivity contribution in [1.82, 2.24) is 0 Å². The van der Waals surface area contributed by atoms with Crippen LogP contribution < -0.4 is 0 Å². The zero-order chi connectivity index (χ0) is 10.8. The molecule has 1 atom stereocenters. The van der Waals surface area contributed by atoms with Gasteiger partial charge in [-0.05, 0) is 32.1 Å². The van der Waals surface area contributed by atoms with Crippen LogP contribution in [-0.2, 0) is 4.79 Å². The molecule has 0 bridgehead atoms. The van der Waals surface area contributed by atoms with Crippen LogP contribution in [0.2, 0.25) is 0 Å². The van der Waals surface area contributed by atoms with Gasteiger partial charge >= 0.3 is 5.97 Å². The Labute approximate surface area is 86.3 Å². The minimum Gasteiger partial charge on any atom is -0.481 e. The highest BCUT2D eigenvalue weighted by Crippen LogP contribution is 2.08. The van der Waals surface area contributed by atoms with Gasteiger partial charge in [0.05, 0.1) is 5.92 Å². The van der Waals surface area contributed by atoms with Gasteiger partial charge in [-0.1, -0.05) is 25.2 Å². The number of carboxylic acids is 1. The SMILES string of the molecule is C=CCCC=CCCCC(C)C(=O)O. The summed E-state index contributed by atoms with van der Waals surface area (Å²) in [5, 5.41) is 8.63. The zero-order valence-corrected chi connectivity index (χ0v) is 8.91. The van der Waals surface area contributed by atoms with Crippen molar-refractivity contribution >= 4 is 5.97 Å². The van der Waals surface area contributed by atoms with Crippen molar-refractivity contribution in [3.05, 3.63) is 24.8 Å². The van der Waals surface area contributed by atoms with Gasteiger partial charge in [-0.15, -0.1) is 6.58 Å². The fraction of sp³-hybridized carbons (Fsp3) is 0.583. The fourth-order valence-corrected chi connectivity index (χ4v) is 1.12. The van der Waals surface area contributed by atoms with E-state index in [-0.39, 0.29) is 5.92 Å². The van der Waals surface area contributed by atoms with Crippen molar-refractivity contribution < 1.29 is 9.90 Å². The van der Waals surface area contributed by atoms with Gasteiger partial charge in [-0.25, -0.2) is 0 Å². The summed E-state index contributed by atoms with van der Waals surface area (Å²) in [7, 11) is 0. The minimum atomic E-state index is -0.694. The second-order valence-corrected chi connectivity index (χ2v) is 3.51. The normalized spacial score (nSPS) is 12.9. The molecule has 0 aromatic heterocycles. The number of rotatable bonds is 8. The molecule has 0 spiro atoms. The summed E-state index contributed by atoms with van der Waals surface area (Å²) in [5.41, 5.74) is 0. The van der Waals surface area contributed by atoms with E-state index in [9.17, 15) is 4.79 Å². The van der Waals surface area contributed by atoms with Gasteiger partial charge in [-0.2, -0.15) is 0 Å². The summed E-state index contributed by atoms with van der Waals surface area (Å²) >= 11 is 0. The van der Waals surface area contributed by atoms with Crippen LogP contribution in [0.15, 0.2) is 24.8 Å². The molecule has 0 aliphatic rings. The van der Waals surface area contributed by atoms with E-state index in [2.05, 4.69) is 18.7 Å². The molecule has 0 amide bonds. The molecule has 0 aliphatic carbocycles. The average molecular weight is 196 g/mol. The van der Waals surface area contributed by atoms with Crippen molar-refractivity contribution in [2.24, 2.45) is 5.92 Å². The lowest BCUT2D eigenvalue weighted by Crippen LogP contribution is -2.08. The third-order valence-electron chi connectivity index (χ3n) is 2.13. The maximum Gasteiger partial charge on any atom is 0.306 e. The Hall–Kier alpha value is -1.05. The zero-order valence-electron chi connectivity index (χ0n) is 8.91. The van der Waals surface area contributed by atoms with Crippen LogP contribution in [0.25, 0.3) is 0 Å². The molecule has 2 nitrogen and oxygen atoms in total. The fourth-order valence-electron chi connectivity index (χ4n) is 1.12. The van der Waals surface area contributed by atoms with Crippen molar-refractivity contribution in [3.63, 3.8) is 0 Å². The quantitative estimate of drug-likeness (QED) is 0.477. The first-order valence-electron chi connectivity index (χ1n) is 5.17. The highest BCUT2D eigenvalue weighted by molar-refractivity contribution is 5.69. The summed E-state index contributed by atoms with van der Waals surface area (Å²) in [6, 6.07) is 0. The number of aliphatic carboxylic acids is 1. The number of carboxylic acid groups (broad SMARTS) is 1. The second-order valence-electron chi connectivity index (χ2n) is 3.51. The first-order chi connectivity index (χ1) is 6.68. The minimum absolute atomic E-state index is 0.212. The monoisotopic (exact) mass is 196 g/mol. The Morgan fingerprint density at radius 1 is 1.36 bits per heavy atom. The van der Waals surface area contributed by atoms with Gasteiger partial charge in [0, 0.05) is 0 Å². The molecule has 80 valence electrons. The van der Waals surface area contributed by atoms with Crippen LogP contribution in [-0.4, -0.2) is 11.1 Å². The molecule has 1 N–H and O–H groups in total. The predicted octanol–water partition coefficient (Wildman–Crippen LogP) is 3.40.